The van der Waals surface area contributed by atoms with Crippen molar-refractivity contribution in [3.63, 3.8) is 0 Å². The minimum atomic E-state index is 0.238. The van der Waals surface area contributed by atoms with E-state index in [0.29, 0.717) is 5.41 Å². The minimum Gasteiger partial charge on any atom is -0.325 e. The first-order valence-corrected chi connectivity index (χ1v) is 6.01. The summed E-state index contributed by atoms with van der Waals surface area (Å²) < 4.78 is 0. The van der Waals surface area contributed by atoms with E-state index in [1.165, 1.54) is 51.7 Å². The van der Waals surface area contributed by atoms with Gasteiger partial charge in [0.15, 0.2) is 0 Å². The number of hydrogen-bond acceptors (Lipinski definition) is 2. The quantitative estimate of drug-likeness (QED) is 0.748. The van der Waals surface area contributed by atoms with E-state index in [-0.39, 0.29) is 5.54 Å². The van der Waals surface area contributed by atoms with Gasteiger partial charge in [0, 0.05) is 12.1 Å². The van der Waals surface area contributed by atoms with Gasteiger partial charge in [-0.05, 0) is 50.6 Å². The van der Waals surface area contributed by atoms with E-state index in [0.717, 1.165) is 0 Å². The van der Waals surface area contributed by atoms with Gasteiger partial charge in [0.05, 0.1) is 0 Å². The molecule has 14 heavy (non-hydrogen) atoms. The molecule has 0 aromatic carbocycles. The Morgan fingerprint density at radius 2 is 1.93 bits per heavy atom. The van der Waals surface area contributed by atoms with Gasteiger partial charge in [-0.3, -0.25) is 0 Å². The van der Waals surface area contributed by atoms with Gasteiger partial charge >= 0.3 is 0 Å². The number of rotatable bonds is 3. The molecule has 2 heteroatoms. The molecule has 2 N–H and O–H groups in total. The summed E-state index contributed by atoms with van der Waals surface area (Å²) in [6, 6.07) is 0. The molecule has 2 aliphatic rings. The van der Waals surface area contributed by atoms with E-state index >= 15 is 0 Å². The van der Waals surface area contributed by atoms with Gasteiger partial charge in [-0.2, -0.15) is 0 Å². The van der Waals surface area contributed by atoms with Crippen LogP contribution < -0.4 is 5.73 Å². The molecule has 1 heterocycles. The van der Waals surface area contributed by atoms with Crippen LogP contribution in [0.1, 0.15) is 46.0 Å². The van der Waals surface area contributed by atoms with Crippen molar-refractivity contribution in [1.82, 2.24) is 4.90 Å². The van der Waals surface area contributed by atoms with Crippen molar-refractivity contribution < 1.29 is 0 Å². The Hall–Kier alpha value is -0.0800. The van der Waals surface area contributed by atoms with Crippen LogP contribution in [0, 0.1) is 5.41 Å². The summed E-state index contributed by atoms with van der Waals surface area (Å²) in [5.74, 6) is 0. The van der Waals surface area contributed by atoms with E-state index in [2.05, 4.69) is 18.7 Å². The summed E-state index contributed by atoms with van der Waals surface area (Å²) in [5, 5.41) is 0. The summed E-state index contributed by atoms with van der Waals surface area (Å²) >= 11 is 0. The third-order valence-electron chi connectivity index (χ3n) is 3.80. The zero-order chi connectivity index (χ0) is 10.2. The Morgan fingerprint density at radius 3 is 2.50 bits per heavy atom. The molecule has 0 radical (unpaired) electrons. The minimum absolute atomic E-state index is 0.238. The molecular formula is C12H24N2. The van der Waals surface area contributed by atoms with Crippen LogP contribution in [-0.2, 0) is 0 Å². The molecule has 1 saturated heterocycles. The Balaban J connectivity index is 1.75. The van der Waals surface area contributed by atoms with E-state index in [9.17, 15) is 0 Å². The molecule has 82 valence electrons. The highest BCUT2D eigenvalue weighted by Crippen LogP contribution is 2.36. The Labute approximate surface area is 87.8 Å². The number of likely N-dealkylation sites (tertiary alicyclic amines) is 1. The zero-order valence-electron chi connectivity index (χ0n) is 9.68. The molecule has 2 rings (SSSR count). The number of nitrogens with two attached hydrogens (primary N) is 1. The van der Waals surface area contributed by atoms with Crippen LogP contribution in [0.5, 0.6) is 0 Å². The largest absolute Gasteiger partial charge is 0.325 e. The van der Waals surface area contributed by atoms with E-state index in [1.807, 2.05) is 0 Å². The second-order valence-corrected chi connectivity index (χ2v) is 6.16. The Bertz CT molecular complexity index is 206. The summed E-state index contributed by atoms with van der Waals surface area (Å²) in [6.07, 6.45) is 6.47. The first-order chi connectivity index (χ1) is 6.49. The molecule has 0 unspecified atom stereocenters. The highest BCUT2D eigenvalue weighted by Gasteiger charge is 2.38. The van der Waals surface area contributed by atoms with Gasteiger partial charge in [0.2, 0.25) is 0 Å². The summed E-state index contributed by atoms with van der Waals surface area (Å²) in [5.41, 5.74) is 6.87. The summed E-state index contributed by atoms with van der Waals surface area (Å²) in [4.78, 5) is 2.61. The number of nitrogens with zero attached hydrogens (tertiary/aromatic N) is 1. The average Bonchev–Trinajstić information content (AvgIpc) is 2.80. The fourth-order valence-electron chi connectivity index (χ4n) is 2.53. The monoisotopic (exact) mass is 196 g/mol. The SMILES string of the molecule is CC1(C)CCCN(CCC2(N)CC2)C1. The first kappa shape index (κ1) is 10.4. The van der Waals surface area contributed by atoms with E-state index < -0.39 is 0 Å². The molecular weight excluding hydrogens is 172 g/mol. The van der Waals surface area contributed by atoms with Crippen LogP contribution >= 0.6 is 0 Å². The molecule has 1 aliphatic heterocycles. The molecule has 0 amide bonds. The fourth-order valence-corrected chi connectivity index (χ4v) is 2.53. The molecule has 0 atom stereocenters. The van der Waals surface area contributed by atoms with E-state index in [1.54, 1.807) is 0 Å². The van der Waals surface area contributed by atoms with Gasteiger partial charge in [-0.25, -0.2) is 0 Å². The van der Waals surface area contributed by atoms with Crippen molar-refractivity contribution in [1.29, 1.82) is 0 Å². The van der Waals surface area contributed by atoms with Gasteiger partial charge in [-0.15, -0.1) is 0 Å². The van der Waals surface area contributed by atoms with Crippen LogP contribution in [0.4, 0.5) is 0 Å². The number of hydrogen-bond donors (Lipinski definition) is 1. The van der Waals surface area contributed by atoms with Crippen molar-refractivity contribution in [3.8, 4) is 0 Å². The normalized spacial score (nSPS) is 30.2. The Morgan fingerprint density at radius 1 is 1.21 bits per heavy atom. The van der Waals surface area contributed by atoms with Crippen molar-refractivity contribution in [2.75, 3.05) is 19.6 Å². The van der Waals surface area contributed by atoms with Crippen molar-refractivity contribution in [2.45, 2.75) is 51.5 Å². The van der Waals surface area contributed by atoms with Crippen LogP contribution in [0.2, 0.25) is 0 Å². The lowest BCUT2D eigenvalue weighted by atomic mass is 9.84. The van der Waals surface area contributed by atoms with E-state index in [4.69, 9.17) is 5.73 Å². The van der Waals surface area contributed by atoms with Crippen LogP contribution in [0.3, 0.4) is 0 Å². The fraction of sp³-hybridized carbons (Fsp3) is 1.00. The van der Waals surface area contributed by atoms with Gasteiger partial charge in [-0.1, -0.05) is 13.8 Å². The van der Waals surface area contributed by atoms with Gasteiger partial charge in [0.25, 0.3) is 0 Å². The first-order valence-electron chi connectivity index (χ1n) is 6.01. The maximum absolute atomic E-state index is 6.10. The molecule has 2 fully saturated rings. The average molecular weight is 196 g/mol. The second-order valence-electron chi connectivity index (χ2n) is 6.16. The molecule has 0 spiro atoms. The number of piperidine rings is 1. The molecule has 0 bridgehead atoms. The molecule has 2 nitrogen and oxygen atoms in total. The van der Waals surface area contributed by atoms with Gasteiger partial charge < -0.3 is 10.6 Å². The summed E-state index contributed by atoms with van der Waals surface area (Å²) in [7, 11) is 0. The van der Waals surface area contributed by atoms with Crippen LogP contribution in [-0.4, -0.2) is 30.1 Å². The predicted octanol–water partition coefficient (Wildman–Crippen LogP) is 1.99. The highest BCUT2D eigenvalue weighted by molar-refractivity contribution is 4.99. The van der Waals surface area contributed by atoms with Crippen molar-refractivity contribution in [2.24, 2.45) is 11.1 Å². The van der Waals surface area contributed by atoms with Crippen LogP contribution in [0.15, 0.2) is 0 Å². The molecule has 1 saturated carbocycles. The highest BCUT2D eigenvalue weighted by atomic mass is 15.1. The van der Waals surface area contributed by atoms with Crippen LogP contribution in [0.25, 0.3) is 0 Å². The second kappa shape index (κ2) is 3.49. The smallest absolute Gasteiger partial charge is 0.0167 e. The van der Waals surface area contributed by atoms with Gasteiger partial charge in [0.1, 0.15) is 0 Å². The molecule has 1 aliphatic carbocycles. The predicted molar refractivity (Wildman–Crippen MR) is 60.2 cm³/mol. The molecule has 0 aromatic rings. The summed E-state index contributed by atoms with van der Waals surface area (Å²) in [6.45, 7) is 8.55. The third-order valence-corrected chi connectivity index (χ3v) is 3.80. The standard InChI is InChI=1S/C12H24N2/c1-11(2)4-3-8-14(10-11)9-7-12(13)5-6-12/h3-10,13H2,1-2H3. The lowest BCUT2D eigenvalue weighted by Crippen LogP contribution is -2.42. The third kappa shape index (κ3) is 2.71. The topological polar surface area (TPSA) is 29.3 Å². The maximum atomic E-state index is 6.10. The van der Waals surface area contributed by atoms with Crippen molar-refractivity contribution in [3.05, 3.63) is 0 Å². The maximum Gasteiger partial charge on any atom is 0.0167 e. The molecule has 0 aromatic heterocycles. The zero-order valence-corrected chi connectivity index (χ0v) is 9.68. The Kier molecular flexibility index (Phi) is 2.61. The lowest BCUT2D eigenvalue weighted by molar-refractivity contribution is 0.114. The van der Waals surface area contributed by atoms with Crippen molar-refractivity contribution >= 4 is 0 Å². The lowest BCUT2D eigenvalue weighted by Gasteiger charge is -2.38.